The Morgan fingerprint density at radius 3 is 1.42 bits per heavy atom. The summed E-state index contributed by atoms with van der Waals surface area (Å²) in [5.41, 5.74) is 2.96. The molecule has 0 aliphatic carbocycles. The van der Waals surface area contributed by atoms with Crippen LogP contribution in [-0.2, 0) is 9.59 Å². The van der Waals surface area contributed by atoms with Gasteiger partial charge in [-0.05, 0) is 54.3 Å². The van der Waals surface area contributed by atoms with Gasteiger partial charge in [0.2, 0.25) is 0 Å². The summed E-state index contributed by atoms with van der Waals surface area (Å²) in [6.07, 6.45) is 2.96. The molecule has 178 valence electrons. The van der Waals surface area contributed by atoms with E-state index < -0.39 is 11.8 Å². The summed E-state index contributed by atoms with van der Waals surface area (Å²) in [6, 6.07) is 29.2. The van der Waals surface area contributed by atoms with E-state index in [1.54, 1.807) is 24.3 Å². The summed E-state index contributed by atoms with van der Waals surface area (Å²) in [6.45, 7) is 3.70. The van der Waals surface area contributed by atoms with Gasteiger partial charge in [-0.3, -0.25) is 9.59 Å². The molecule has 0 bridgehead atoms. The zero-order valence-electron chi connectivity index (χ0n) is 20.1. The molecule has 0 spiro atoms. The van der Waals surface area contributed by atoms with Gasteiger partial charge in [-0.25, -0.2) is 0 Å². The number of carbonyl (C=O) groups excluding carboxylic acids is 2. The molecule has 2 amide bonds. The van der Waals surface area contributed by atoms with Crippen molar-refractivity contribution < 1.29 is 9.59 Å². The van der Waals surface area contributed by atoms with Gasteiger partial charge in [-0.2, -0.15) is 10.5 Å². The molecule has 0 saturated carbocycles. The average Bonchev–Trinajstić information content (AvgIpc) is 2.91. The first-order chi connectivity index (χ1) is 17.4. The Bertz CT molecular complexity index is 1260. The van der Waals surface area contributed by atoms with E-state index >= 15 is 0 Å². The second-order valence-electron chi connectivity index (χ2n) is 8.22. The van der Waals surface area contributed by atoms with Crippen molar-refractivity contribution in [3.63, 3.8) is 0 Å². The maximum Gasteiger partial charge on any atom is 0.262 e. The first-order valence-corrected chi connectivity index (χ1v) is 11.5. The van der Waals surface area contributed by atoms with Crippen molar-refractivity contribution >= 4 is 24.0 Å². The molecule has 6 heteroatoms. The molecule has 6 nitrogen and oxygen atoms in total. The van der Waals surface area contributed by atoms with Gasteiger partial charge in [-0.15, -0.1) is 0 Å². The van der Waals surface area contributed by atoms with Crippen LogP contribution in [0.5, 0.6) is 0 Å². The highest BCUT2D eigenvalue weighted by molar-refractivity contribution is 6.03. The second-order valence-corrected chi connectivity index (χ2v) is 8.22. The maximum absolute atomic E-state index is 12.7. The molecule has 0 heterocycles. The molecule has 0 fully saturated rings. The Morgan fingerprint density at radius 1 is 0.667 bits per heavy atom. The molecule has 3 rings (SSSR count). The molecule has 3 aromatic carbocycles. The molecule has 2 atom stereocenters. The van der Waals surface area contributed by atoms with Crippen molar-refractivity contribution in [1.29, 1.82) is 10.5 Å². The fourth-order valence-electron chi connectivity index (χ4n) is 3.57. The van der Waals surface area contributed by atoms with Crippen molar-refractivity contribution in [2.24, 2.45) is 0 Å². The van der Waals surface area contributed by atoms with E-state index in [4.69, 9.17) is 0 Å². The predicted octanol–water partition coefficient (Wildman–Crippen LogP) is 5.26. The van der Waals surface area contributed by atoms with E-state index in [0.29, 0.717) is 11.1 Å². The fraction of sp³-hybridized carbons (Fsp3) is 0.133. The first-order valence-electron chi connectivity index (χ1n) is 11.5. The van der Waals surface area contributed by atoms with Gasteiger partial charge in [-0.1, -0.05) is 78.9 Å². The topological polar surface area (TPSA) is 106 Å². The van der Waals surface area contributed by atoms with Gasteiger partial charge in [0, 0.05) is 0 Å². The molecule has 0 aromatic heterocycles. The summed E-state index contributed by atoms with van der Waals surface area (Å²) in [5, 5.41) is 24.8. The van der Waals surface area contributed by atoms with Crippen LogP contribution in [0.25, 0.3) is 12.2 Å². The number of nitrogens with one attached hydrogen (secondary N) is 2. The van der Waals surface area contributed by atoms with Crippen LogP contribution in [0, 0.1) is 22.7 Å². The third-order valence-electron chi connectivity index (χ3n) is 5.56. The third-order valence-corrected chi connectivity index (χ3v) is 5.56. The average molecular weight is 475 g/mol. The number of nitrogens with zero attached hydrogens (tertiary/aromatic N) is 2. The standard InChI is InChI=1S/C30H26N4O2/c1-21(25-12-5-3-6-13-25)33-29(35)27(19-31)17-23-10-9-11-24(16-23)18-28(20-32)30(36)34-22(2)26-14-7-4-8-15-26/h3-18,21-22H,1-2H3,(H,33,35)(H,34,36)/b27-17+,28-18+/t21-,22+. The molecule has 0 aliphatic rings. The zero-order chi connectivity index (χ0) is 25.9. The zero-order valence-corrected chi connectivity index (χ0v) is 20.1. The quantitative estimate of drug-likeness (QED) is 0.343. The number of nitriles is 2. The van der Waals surface area contributed by atoms with Crippen molar-refractivity contribution in [3.05, 3.63) is 118 Å². The largest absolute Gasteiger partial charge is 0.345 e. The minimum Gasteiger partial charge on any atom is -0.345 e. The number of carbonyl (C=O) groups is 2. The highest BCUT2D eigenvalue weighted by Gasteiger charge is 2.15. The fourth-order valence-corrected chi connectivity index (χ4v) is 3.57. The van der Waals surface area contributed by atoms with Crippen LogP contribution in [0.1, 0.15) is 48.2 Å². The lowest BCUT2D eigenvalue weighted by atomic mass is 10.0. The summed E-state index contributed by atoms with van der Waals surface area (Å²) in [4.78, 5) is 25.3. The normalized spacial score (nSPS) is 13.0. The van der Waals surface area contributed by atoms with Crippen LogP contribution in [0.2, 0.25) is 0 Å². The van der Waals surface area contributed by atoms with Gasteiger partial charge in [0.05, 0.1) is 12.1 Å². The van der Waals surface area contributed by atoms with E-state index in [0.717, 1.165) is 11.1 Å². The lowest BCUT2D eigenvalue weighted by molar-refractivity contribution is -0.118. The SMILES string of the molecule is C[C@H](NC(=O)/C(C#N)=C/c1cccc(/C=C(\C#N)C(=O)N[C@H](C)c2ccccc2)c1)c1ccccc1. The minimum absolute atomic E-state index is 0.0474. The minimum atomic E-state index is -0.484. The lowest BCUT2D eigenvalue weighted by Crippen LogP contribution is -2.27. The third kappa shape index (κ3) is 7.03. The van der Waals surface area contributed by atoms with Crippen molar-refractivity contribution in [1.82, 2.24) is 10.6 Å². The number of hydrogen-bond acceptors (Lipinski definition) is 4. The Kier molecular flexibility index (Phi) is 8.92. The van der Waals surface area contributed by atoms with Crippen LogP contribution in [0.3, 0.4) is 0 Å². The van der Waals surface area contributed by atoms with E-state index in [1.807, 2.05) is 86.6 Å². The highest BCUT2D eigenvalue weighted by atomic mass is 16.2. The van der Waals surface area contributed by atoms with Gasteiger partial charge < -0.3 is 10.6 Å². The molecular weight excluding hydrogens is 448 g/mol. The summed E-state index contributed by atoms with van der Waals surface area (Å²) < 4.78 is 0. The molecule has 2 N–H and O–H groups in total. The summed E-state index contributed by atoms with van der Waals surface area (Å²) in [7, 11) is 0. The molecule has 3 aromatic rings. The molecule has 0 unspecified atom stereocenters. The van der Waals surface area contributed by atoms with E-state index in [2.05, 4.69) is 10.6 Å². The molecule has 0 saturated heterocycles. The van der Waals surface area contributed by atoms with Crippen LogP contribution in [-0.4, -0.2) is 11.8 Å². The second kappa shape index (κ2) is 12.5. The number of benzene rings is 3. The number of hydrogen-bond donors (Lipinski definition) is 2. The Balaban J connectivity index is 1.75. The van der Waals surface area contributed by atoms with Crippen molar-refractivity contribution in [2.75, 3.05) is 0 Å². The Labute approximate surface area is 211 Å². The summed E-state index contributed by atoms with van der Waals surface area (Å²) >= 11 is 0. The van der Waals surface area contributed by atoms with Crippen molar-refractivity contribution in [3.8, 4) is 12.1 Å². The van der Waals surface area contributed by atoms with Crippen LogP contribution < -0.4 is 10.6 Å². The lowest BCUT2D eigenvalue weighted by Gasteiger charge is -2.14. The van der Waals surface area contributed by atoms with E-state index in [9.17, 15) is 20.1 Å². The first kappa shape index (κ1) is 25.7. The number of amides is 2. The molecule has 0 radical (unpaired) electrons. The van der Waals surface area contributed by atoms with E-state index in [-0.39, 0.29) is 23.2 Å². The smallest absolute Gasteiger partial charge is 0.262 e. The van der Waals surface area contributed by atoms with Gasteiger partial charge in [0.15, 0.2) is 0 Å². The molecule has 36 heavy (non-hydrogen) atoms. The number of rotatable bonds is 8. The monoisotopic (exact) mass is 474 g/mol. The maximum atomic E-state index is 12.7. The summed E-state index contributed by atoms with van der Waals surface area (Å²) in [5.74, 6) is -0.969. The van der Waals surface area contributed by atoms with Crippen LogP contribution in [0.4, 0.5) is 0 Å². The molecule has 0 aliphatic heterocycles. The molecular formula is C30H26N4O2. The van der Waals surface area contributed by atoms with Crippen LogP contribution >= 0.6 is 0 Å². The van der Waals surface area contributed by atoms with E-state index in [1.165, 1.54) is 12.2 Å². The predicted molar refractivity (Wildman–Crippen MR) is 140 cm³/mol. The van der Waals surface area contributed by atoms with Gasteiger partial charge in [0.1, 0.15) is 23.3 Å². The Morgan fingerprint density at radius 2 is 1.06 bits per heavy atom. The van der Waals surface area contributed by atoms with Gasteiger partial charge >= 0.3 is 0 Å². The highest BCUT2D eigenvalue weighted by Crippen LogP contribution is 2.17. The van der Waals surface area contributed by atoms with Gasteiger partial charge in [0.25, 0.3) is 11.8 Å². The Hall–Kier alpha value is -4.94. The van der Waals surface area contributed by atoms with Crippen LogP contribution in [0.15, 0.2) is 96.1 Å². The van der Waals surface area contributed by atoms with Crippen molar-refractivity contribution in [2.45, 2.75) is 25.9 Å².